The van der Waals surface area contributed by atoms with Crippen LogP contribution in [0.1, 0.15) is 31.5 Å². The first kappa shape index (κ1) is 11.7. The van der Waals surface area contributed by atoms with Crippen molar-refractivity contribution < 1.29 is 9.90 Å². The van der Waals surface area contributed by atoms with E-state index < -0.39 is 5.97 Å². The summed E-state index contributed by atoms with van der Waals surface area (Å²) in [5.74, 6) is -0.801. The van der Waals surface area contributed by atoms with Crippen molar-refractivity contribution in [1.29, 1.82) is 0 Å². The monoisotopic (exact) mass is 211 g/mol. The van der Waals surface area contributed by atoms with Crippen LogP contribution in [0.4, 0.5) is 0 Å². The van der Waals surface area contributed by atoms with Gasteiger partial charge < -0.3 is 15.0 Å². The lowest BCUT2D eigenvalue weighted by Crippen LogP contribution is -2.26. The maximum Gasteiger partial charge on any atom is 0.305 e. The highest BCUT2D eigenvalue weighted by molar-refractivity contribution is 5.67. The zero-order valence-electron chi connectivity index (χ0n) is 9.10. The summed E-state index contributed by atoms with van der Waals surface area (Å²) in [6, 6.07) is -0.157. The number of aromatic nitrogens is 2. The highest BCUT2D eigenvalue weighted by atomic mass is 16.4. The summed E-state index contributed by atoms with van der Waals surface area (Å²) in [4.78, 5) is 14.7. The van der Waals surface area contributed by atoms with Gasteiger partial charge in [-0.1, -0.05) is 6.92 Å². The molecule has 0 radical (unpaired) electrons. The van der Waals surface area contributed by atoms with Crippen LogP contribution in [0.15, 0.2) is 12.5 Å². The van der Waals surface area contributed by atoms with Crippen molar-refractivity contribution in [3.05, 3.63) is 18.2 Å². The summed E-state index contributed by atoms with van der Waals surface area (Å²) < 4.78 is 1.84. The molecule has 0 aliphatic heterocycles. The van der Waals surface area contributed by atoms with Crippen molar-refractivity contribution in [3.63, 3.8) is 0 Å². The van der Waals surface area contributed by atoms with Gasteiger partial charge in [0.25, 0.3) is 0 Å². The molecule has 5 nitrogen and oxygen atoms in total. The molecule has 1 unspecified atom stereocenters. The Labute approximate surface area is 89.1 Å². The molecule has 0 aliphatic carbocycles. The zero-order valence-corrected chi connectivity index (χ0v) is 9.10. The molecule has 84 valence electrons. The number of rotatable bonds is 6. The second-order valence-corrected chi connectivity index (χ2v) is 3.53. The molecule has 0 spiro atoms. The average Bonchev–Trinajstić information content (AvgIpc) is 2.58. The first-order valence-corrected chi connectivity index (χ1v) is 5.06. The molecule has 1 rings (SSSR count). The zero-order chi connectivity index (χ0) is 11.3. The van der Waals surface area contributed by atoms with Crippen LogP contribution in [0.25, 0.3) is 0 Å². The van der Waals surface area contributed by atoms with Gasteiger partial charge in [-0.2, -0.15) is 0 Å². The molecule has 5 heteroatoms. The Morgan fingerprint density at radius 2 is 2.47 bits per heavy atom. The second kappa shape index (κ2) is 5.50. The number of carbonyl (C=O) groups is 1. The number of carboxylic acids is 1. The Balaban J connectivity index is 2.71. The Hall–Kier alpha value is -1.36. The summed E-state index contributed by atoms with van der Waals surface area (Å²) >= 11 is 0. The lowest BCUT2D eigenvalue weighted by molar-refractivity contribution is -0.137. The van der Waals surface area contributed by atoms with E-state index in [1.54, 1.807) is 12.5 Å². The lowest BCUT2D eigenvalue weighted by atomic mass is 10.1. The first-order valence-electron chi connectivity index (χ1n) is 5.06. The van der Waals surface area contributed by atoms with Gasteiger partial charge in [0.15, 0.2) is 0 Å². The van der Waals surface area contributed by atoms with Gasteiger partial charge in [0.1, 0.15) is 0 Å². The summed E-state index contributed by atoms with van der Waals surface area (Å²) in [6.45, 7) is 2.86. The Morgan fingerprint density at radius 1 is 1.73 bits per heavy atom. The van der Waals surface area contributed by atoms with Crippen molar-refractivity contribution in [2.24, 2.45) is 7.05 Å². The molecule has 0 saturated heterocycles. The minimum absolute atomic E-state index is 0.0829. The Morgan fingerprint density at radius 3 is 2.93 bits per heavy atom. The molecule has 0 bridgehead atoms. The molecule has 1 aromatic rings. The van der Waals surface area contributed by atoms with Crippen LogP contribution >= 0.6 is 0 Å². The average molecular weight is 211 g/mol. The van der Waals surface area contributed by atoms with E-state index in [9.17, 15) is 4.79 Å². The molecule has 0 aromatic carbocycles. The van der Waals surface area contributed by atoms with Crippen LogP contribution in [0, 0.1) is 0 Å². The number of aliphatic carboxylic acids is 1. The molecule has 1 heterocycles. The summed E-state index contributed by atoms with van der Waals surface area (Å²) in [5.41, 5.74) is 0.908. The third-order valence-corrected chi connectivity index (χ3v) is 2.23. The molecule has 1 atom stereocenters. The summed E-state index contributed by atoms with van der Waals surface area (Å²) in [7, 11) is 1.87. The van der Waals surface area contributed by atoms with Gasteiger partial charge >= 0.3 is 5.97 Å². The highest BCUT2D eigenvalue weighted by Crippen LogP contribution is 2.15. The smallest absolute Gasteiger partial charge is 0.305 e. The third kappa shape index (κ3) is 3.36. The van der Waals surface area contributed by atoms with Crippen molar-refractivity contribution in [2.75, 3.05) is 6.54 Å². The fraction of sp³-hybridized carbons (Fsp3) is 0.600. The maximum absolute atomic E-state index is 10.7. The minimum atomic E-state index is -0.801. The van der Waals surface area contributed by atoms with E-state index in [0.717, 1.165) is 18.7 Å². The van der Waals surface area contributed by atoms with Crippen LogP contribution in [0.5, 0.6) is 0 Å². The second-order valence-electron chi connectivity index (χ2n) is 3.53. The van der Waals surface area contributed by atoms with Gasteiger partial charge in [0.05, 0.1) is 24.5 Å². The van der Waals surface area contributed by atoms with E-state index in [-0.39, 0.29) is 12.5 Å². The van der Waals surface area contributed by atoms with E-state index in [1.807, 2.05) is 18.5 Å². The summed E-state index contributed by atoms with van der Waals surface area (Å²) in [6.07, 6.45) is 4.45. The molecule has 0 fully saturated rings. The topological polar surface area (TPSA) is 67.2 Å². The number of carboxylic acid groups (broad SMARTS) is 1. The van der Waals surface area contributed by atoms with E-state index in [0.29, 0.717) is 0 Å². The number of hydrogen-bond donors (Lipinski definition) is 2. The van der Waals surface area contributed by atoms with Crippen molar-refractivity contribution in [2.45, 2.75) is 25.8 Å². The van der Waals surface area contributed by atoms with Crippen molar-refractivity contribution in [3.8, 4) is 0 Å². The van der Waals surface area contributed by atoms with Crippen molar-refractivity contribution in [1.82, 2.24) is 14.9 Å². The van der Waals surface area contributed by atoms with Crippen LogP contribution in [0.2, 0.25) is 0 Å². The van der Waals surface area contributed by atoms with Crippen LogP contribution in [-0.2, 0) is 11.8 Å². The SMILES string of the molecule is CCCNC(CC(=O)O)c1cncn1C. The van der Waals surface area contributed by atoms with Crippen LogP contribution in [-0.4, -0.2) is 27.2 Å². The van der Waals surface area contributed by atoms with Crippen molar-refractivity contribution >= 4 is 5.97 Å². The van der Waals surface area contributed by atoms with Crippen LogP contribution in [0.3, 0.4) is 0 Å². The molecule has 1 aromatic heterocycles. The third-order valence-electron chi connectivity index (χ3n) is 2.23. The molecular weight excluding hydrogens is 194 g/mol. The number of aryl methyl sites for hydroxylation is 1. The minimum Gasteiger partial charge on any atom is -0.481 e. The van der Waals surface area contributed by atoms with Gasteiger partial charge in [0.2, 0.25) is 0 Å². The van der Waals surface area contributed by atoms with Gasteiger partial charge in [-0.25, -0.2) is 4.98 Å². The first-order chi connectivity index (χ1) is 7.15. The van der Waals surface area contributed by atoms with Crippen LogP contribution < -0.4 is 5.32 Å². The predicted molar refractivity (Wildman–Crippen MR) is 56.5 cm³/mol. The van der Waals surface area contributed by atoms with E-state index in [2.05, 4.69) is 10.3 Å². The van der Waals surface area contributed by atoms with Gasteiger partial charge in [-0.05, 0) is 13.0 Å². The largest absolute Gasteiger partial charge is 0.481 e. The van der Waals surface area contributed by atoms with E-state index in [1.165, 1.54) is 0 Å². The number of imidazole rings is 1. The summed E-state index contributed by atoms with van der Waals surface area (Å²) in [5, 5.41) is 12.0. The fourth-order valence-corrected chi connectivity index (χ4v) is 1.48. The predicted octanol–water partition coefficient (Wildman–Crippen LogP) is 0.935. The number of nitrogens with one attached hydrogen (secondary N) is 1. The van der Waals surface area contributed by atoms with E-state index >= 15 is 0 Å². The van der Waals surface area contributed by atoms with Gasteiger partial charge in [-0.3, -0.25) is 4.79 Å². The number of nitrogens with zero attached hydrogens (tertiary/aromatic N) is 2. The molecule has 2 N–H and O–H groups in total. The lowest BCUT2D eigenvalue weighted by Gasteiger charge is -2.16. The Bertz CT molecular complexity index is 322. The molecule has 0 saturated carbocycles. The highest BCUT2D eigenvalue weighted by Gasteiger charge is 2.17. The Kier molecular flexibility index (Phi) is 4.30. The van der Waals surface area contributed by atoms with Gasteiger partial charge in [0, 0.05) is 13.2 Å². The normalized spacial score (nSPS) is 12.7. The molecule has 15 heavy (non-hydrogen) atoms. The van der Waals surface area contributed by atoms with E-state index in [4.69, 9.17) is 5.11 Å². The maximum atomic E-state index is 10.7. The molecule has 0 aliphatic rings. The van der Waals surface area contributed by atoms with Gasteiger partial charge in [-0.15, -0.1) is 0 Å². The quantitative estimate of drug-likeness (QED) is 0.734. The fourth-order valence-electron chi connectivity index (χ4n) is 1.48. The standard InChI is InChI=1S/C10H17N3O2/c1-3-4-12-8(5-10(14)15)9-6-11-7-13(9)2/h6-8,12H,3-5H2,1-2H3,(H,14,15). The molecular formula is C10H17N3O2. The molecule has 0 amide bonds. The number of hydrogen-bond acceptors (Lipinski definition) is 3.